The minimum Gasteiger partial charge on any atom is -0.495 e. The van der Waals surface area contributed by atoms with Crippen molar-refractivity contribution in [1.29, 1.82) is 0 Å². The molecule has 0 saturated heterocycles. The molecule has 0 unspecified atom stereocenters. The van der Waals surface area contributed by atoms with Gasteiger partial charge in [-0.1, -0.05) is 0 Å². The fourth-order valence-electron chi connectivity index (χ4n) is 2.23. The molecular formula is C13H15N3O2S2. The maximum atomic E-state index is 12.2. The summed E-state index contributed by atoms with van der Waals surface area (Å²) >= 11 is 2.88. The standard InChI is InChI=1S/C13H15N3O2S2/c1-18-9-4-5-19-11(9)12(17)16-13-15-8-3-2-7(14)6-10(8)20-13/h4-5,7H,2-3,6,14H2,1H3,(H,15,16,17)/t7-/m0/s1. The molecule has 2 aromatic rings. The van der Waals surface area contributed by atoms with Gasteiger partial charge in [-0.25, -0.2) is 4.98 Å². The van der Waals surface area contributed by atoms with Gasteiger partial charge >= 0.3 is 0 Å². The summed E-state index contributed by atoms with van der Waals surface area (Å²) in [7, 11) is 1.56. The topological polar surface area (TPSA) is 77.2 Å². The third-order valence-electron chi connectivity index (χ3n) is 3.25. The molecule has 0 spiro atoms. The highest BCUT2D eigenvalue weighted by molar-refractivity contribution is 7.16. The SMILES string of the molecule is COc1ccsc1C(=O)Nc1nc2c(s1)C[C@@H](N)CC2. The second-order valence-electron chi connectivity index (χ2n) is 4.66. The van der Waals surface area contributed by atoms with Crippen molar-refractivity contribution in [3.8, 4) is 5.75 Å². The van der Waals surface area contributed by atoms with Gasteiger partial charge in [-0.3, -0.25) is 10.1 Å². The highest BCUT2D eigenvalue weighted by atomic mass is 32.1. The van der Waals surface area contributed by atoms with E-state index in [0.29, 0.717) is 15.8 Å². The molecule has 0 radical (unpaired) electrons. The highest BCUT2D eigenvalue weighted by Crippen LogP contribution is 2.31. The summed E-state index contributed by atoms with van der Waals surface area (Å²) in [6, 6.07) is 2.00. The van der Waals surface area contributed by atoms with Crippen molar-refractivity contribution < 1.29 is 9.53 Å². The molecule has 106 valence electrons. The first-order chi connectivity index (χ1) is 9.67. The van der Waals surface area contributed by atoms with Crippen LogP contribution < -0.4 is 15.8 Å². The Balaban J connectivity index is 1.77. The van der Waals surface area contributed by atoms with E-state index in [9.17, 15) is 4.79 Å². The zero-order valence-corrected chi connectivity index (χ0v) is 12.6. The van der Waals surface area contributed by atoms with E-state index in [0.717, 1.165) is 25.0 Å². The summed E-state index contributed by atoms with van der Waals surface area (Å²) in [5, 5.41) is 5.33. The van der Waals surface area contributed by atoms with Crippen LogP contribution in [0.5, 0.6) is 5.75 Å². The van der Waals surface area contributed by atoms with Crippen LogP contribution in [0.4, 0.5) is 5.13 Å². The summed E-state index contributed by atoms with van der Waals surface area (Å²) in [6.07, 6.45) is 2.71. The molecule has 1 atom stereocenters. The molecule has 20 heavy (non-hydrogen) atoms. The number of aromatic nitrogens is 1. The number of nitrogens with two attached hydrogens (primary N) is 1. The number of ether oxygens (including phenoxy) is 1. The molecule has 7 heteroatoms. The van der Waals surface area contributed by atoms with E-state index in [1.807, 2.05) is 5.38 Å². The zero-order chi connectivity index (χ0) is 14.1. The van der Waals surface area contributed by atoms with Gasteiger partial charge in [-0.2, -0.15) is 0 Å². The number of carbonyl (C=O) groups excluding carboxylic acids is 1. The van der Waals surface area contributed by atoms with Crippen molar-refractivity contribution in [1.82, 2.24) is 4.98 Å². The Morgan fingerprint density at radius 3 is 3.25 bits per heavy atom. The van der Waals surface area contributed by atoms with Crippen LogP contribution in [0.3, 0.4) is 0 Å². The minimum atomic E-state index is -0.174. The Morgan fingerprint density at radius 1 is 1.60 bits per heavy atom. The van der Waals surface area contributed by atoms with Crippen molar-refractivity contribution in [3.05, 3.63) is 26.9 Å². The molecule has 1 aliphatic rings. The first kappa shape index (κ1) is 13.5. The first-order valence-corrected chi connectivity index (χ1v) is 8.04. The number of amides is 1. The molecule has 1 amide bonds. The summed E-state index contributed by atoms with van der Waals surface area (Å²) in [5.74, 6) is 0.420. The van der Waals surface area contributed by atoms with E-state index in [2.05, 4.69) is 10.3 Å². The summed E-state index contributed by atoms with van der Waals surface area (Å²) in [4.78, 5) is 18.4. The number of carbonyl (C=O) groups is 1. The van der Waals surface area contributed by atoms with Crippen LogP contribution in [0.15, 0.2) is 11.4 Å². The van der Waals surface area contributed by atoms with Gasteiger partial charge in [0.1, 0.15) is 10.6 Å². The van der Waals surface area contributed by atoms with Crippen molar-refractivity contribution in [2.24, 2.45) is 5.73 Å². The predicted molar refractivity (Wildman–Crippen MR) is 80.9 cm³/mol. The Morgan fingerprint density at radius 2 is 2.45 bits per heavy atom. The van der Waals surface area contributed by atoms with E-state index in [-0.39, 0.29) is 11.9 Å². The third kappa shape index (κ3) is 2.56. The molecular weight excluding hydrogens is 294 g/mol. The number of hydrogen-bond donors (Lipinski definition) is 2. The molecule has 2 heterocycles. The van der Waals surface area contributed by atoms with E-state index < -0.39 is 0 Å². The molecule has 1 aliphatic carbocycles. The van der Waals surface area contributed by atoms with Crippen LogP contribution in [-0.4, -0.2) is 24.0 Å². The lowest BCUT2D eigenvalue weighted by atomic mass is 9.99. The smallest absolute Gasteiger partial charge is 0.271 e. The molecule has 0 saturated carbocycles. The summed E-state index contributed by atoms with van der Waals surface area (Å²) < 4.78 is 5.16. The molecule has 5 nitrogen and oxygen atoms in total. The van der Waals surface area contributed by atoms with Crippen LogP contribution >= 0.6 is 22.7 Å². The number of thiophene rings is 1. The van der Waals surface area contributed by atoms with Crippen molar-refractivity contribution in [2.45, 2.75) is 25.3 Å². The van der Waals surface area contributed by atoms with E-state index in [1.54, 1.807) is 13.2 Å². The number of anilines is 1. The highest BCUT2D eigenvalue weighted by Gasteiger charge is 2.22. The Labute approximate surface area is 124 Å². The van der Waals surface area contributed by atoms with Crippen molar-refractivity contribution >= 4 is 33.7 Å². The van der Waals surface area contributed by atoms with Gasteiger partial charge < -0.3 is 10.5 Å². The van der Waals surface area contributed by atoms with Crippen molar-refractivity contribution in [2.75, 3.05) is 12.4 Å². The maximum absolute atomic E-state index is 12.2. The average molecular weight is 309 g/mol. The second kappa shape index (κ2) is 5.51. The lowest BCUT2D eigenvalue weighted by Crippen LogP contribution is -2.27. The minimum absolute atomic E-state index is 0.174. The van der Waals surface area contributed by atoms with Gasteiger partial charge in [-0.05, 0) is 30.7 Å². The van der Waals surface area contributed by atoms with Gasteiger partial charge in [-0.15, -0.1) is 22.7 Å². The number of fused-ring (bicyclic) bond motifs is 1. The monoisotopic (exact) mass is 309 g/mol. The van der Waals surface area contributed by atoms with Crippen LogP contribution in [0.2, 0.25) is 0 Å². The Bertz CT molecular complexity index is 635. The first-order valence-electron chi connectivity index (χ1n) is 6.34. The van der Waals surface area contributed by atoms with Gasteiger partial charge in [0.05, 0.1) is 12.8 Å². The number of nitrogens with zero attached hydrogens (tertiary/aromatic N) is 1. The van der Waals surface area contributed by atoms with Crippen LogP contribution in [0.25, 0.3) is 0 Å². The fourth-order valence-corrected chi connectivity index (χ4v) is 4.08. The summed E-state index contributed by atoms with van der Waals surface area (Å²) in [5.41, 5.74) is 7.03. The van der Waals surface area contributed by atoms with E-state index in [4.69, 9.17) is 10.5 Å². The van der Waals surface area contributed by atoms with Gasteiger partial charge in [0.15, 0.2) is 5.13 Å². The predicted octanol–water partition coefficient (Wildman–Crippen LogP) is 2.28. The van der Waals surface area contributed by atoms with Crippen LogP contribution in [-0.2, 0) is 12.8 Å². The zero-order valence-electron chi connectivity index (χ0n) is 11.0. The quantitative estimate of drug-likeness (QED) is 0.912. The number of methoxy groups -OCH3 is 1. The lowest BCUT2D eigenvalue weighted by molar-refractivity contribution is 0.102. The van der Waals surface area contributed by atoms with Gasteiger partial charge in [0.25, 0.3) is 5.91 Å². The molecule has 0 aliphatic heterocycles. The lowest BCUT2D eigenvalue weighted by Gasteiger charge is -2.15. The molecule has 0 fully saturated rings. The molecule has 3 rings (SSSR count). The number of thiazole rings is 1. The van der Waals surface area contributed by atoms with Gasteiger partial charge in [0.2, 0.25) is 0 Å². The number of hydrogen-bond acceptors (Lipinski definition) is 6. The molecule has 2 aromatic heterocycles. The second-order valence-corrected chi connectivity index (χ2v) is 6.66. The summed E-state index contributed by atoms with van der Waals surface area (Å²) in [6.45, 7) is 0. The normalized spacial score (nSPS) is 17.6. The average Bonchev–Trinajstić information content (AvgIpc) is 3.03. The van der Waals surface area contributed by atoms with Crippen LogP contribution in [0.1, 0.15) is 26.7 Å². The Hall–Kier alpha value is -1.44. The molecule has 0 aromatic carbocycles. The van der Waals surface area contributed by atoms with E-state index in [1.165, 1.54) is 27.6 Å². The third-order valence-corrected chi connectivity index (χ3v) is 5.18. The molecule has 0 bridgehead atoms. The number of aryl methyl sites for hydroxylation is 1. The van der Waals surface area contributed by atoms with Crippen molar-refractivity contribution in [3.63, 3.8) is 0 Å². The molecule has 3 N–H and O–H groups in total. The van der Waals surface area contributed by atoms with Crippen LogP contribution in [0, 0.1) is 0 Å². The maximum Gasteiger partial charge on any atom is 0.271 e. The van der Waals surface area contributed by atoms with E-state index >= 15 is 0 Å². The number of nitrogens with one attached hydrogen (secondary N) is 1. The Kier molecular flexibility index (Phi) is 3.73. The fraction of sp³-hybridized carbons (Fsp3) is 0.385. The van der Waals surface area contributed by atoms with Gasteiger partial charge in [0, 0.05) is 10.9 Å². The largest absolute Gasteiger partial charge is 0.495 e. The number of rotatable bonds is 3.